The number of methoxy groups -OCH3 is 1. The van der Waals surface area contributed by atoms with Crippen LogP contribution in [0.2, 0.25) is 5.02 Å². The van der Waals surface area contributed by atoms with E-state index >= 15 is 0 Å². The number of rotatable bonds is 5. The van der Waals surface area contributed by atoms with E-state index in [2.05, 4.69) is 9.97 Å². The quantitative estimate of drug-likeness (QED) is 0.830. The van der Waals surface area contributed by atoms with Gasteiger partial charge in [0.2, 0.25) is 0 Å². The lowest BCUT2D eigenvalue weighted by Crippen LogP contribution is -2.20. The standard InChI is InChI=1S/C14H13ClF2N2O3S/c1-14(16,17)11-6-12(20)19-13(18-11)23(21)7-8-9(15)4-3-5-10(8)22-2/h3-6H,7H2,1-2H3,(H,18,19,20). The van der Waals surface area contributed by atoms with Crippen LogP contribution in [0.15, 0.2) is 34.2 Å². The number of ether oxygens (including phenoxy) is 1. The molecule has 2 aromatic rings. The number of nitrogens with one attached hydrogen (secondary N) is 1. The van der Waals surface area contributed by atoms with Crippen molar-refractivity contribution in [2.24, 2.45) is 0 Å². The van der Waals surface area contributed by atoms with Crippen LogP contribution in [-0.2, 0) is 22.5 Å². The van der Waals surface area contributed by atoms with Gasteiger partial charge < -0.3 is 4.74 Å². The monoisotopic (exact) mass is 362 g/mol. The number of nitrogens with zero attached hydrogens (tertiary/aromatic N) is 1. The van der Waals surface area contributed by atoms with Crippen LogP contribution in [0.1, 0.15) is 18.2 Å². The van der Waals surface area contributed by atoms with E-state index in [0.29, 0.717) is 29.3 Å². The van der Waals surface area contributed by atoms with Gasteiger partial charge in [-0.25, -0.2) is 4.98 Å². The van der Waals surface area contributed by atoms with Gasteiger partial charge in [0.25, 0.3) is 11.5 Å². The fraction of sp³-hybridized carbons (Fsp3) is 0.286. The SMILES string of the molecule is COc1cccc(Cl)c1CS(=O)c1nc(C(C)(F)F)cc(=O)[nH]1. The Hall–Kier alpha value is -1.80. The van der Waals surface area contributed by atoms with Crippen molar-refractivity contribution in [2.75, 3.05) is 7.11 Å². The lowest BCUT2D eigenvalue weighted by atomic mass is 10.2. The third kappa shape index (κ3) is 4.14. The summed E-state index contributed by atoms with van der Waals surface area (Å²) in [6, 6.07) is 5.55. The van der Waals surface area contributed by atoms with E-state index in [4.69, 9.17) is 16.3 Å². The van der Waals surface area contributed by atoms with Crippen molar-refractivity contribution in [2.45, 2.75) is 23.8 Å². The van der Waals surface area contributed by atoms with Gasteiger partial charge in [-0.05, 0) is 12.1 Å². The molecule has 23 heavy (non-hydrogen) atoms. The van der Waals surface area contributed by atoms with Crippen LogP contribution >= 0.6 is 11.6 Å². The average Bonchev–Trinajstić information content (AvgIpc) is 2.47. The number of benzene rings is 1. The maximum Gasteiger partial charge on any atom is 0.287 e. The number of hydrogen-bond acceptors (Lipinski definition) is 4. The zero-order valence-corrected chi connectivity index (χ0v) is 13.8. The number of alkyl halides is 2. The van der Waals surface area contributed by atoms with Gasteiger partial charge in [-0.1, -0.05) is 17.7 Å². The molecule has 0 saturated heterocycles. The van der Waals surface area contributed by atoms with Gasteiger partial charge in [-0.15, -0.1) is 0 Å². The summed E-state index contributed by atoms with van der Waals surface area (Å²) in [5.74, 6) is -3.04. The Morgan fingerprint density at radius 1 is 1.43 bits per heavy atom. The molecule has 0 bridgehead atoms. The van der Waals surface area contributed by atoms with Gasteiger partial charge in [-0.2, -0.15) is 8.78 Å². The maximum atomic E-state index is 13.3. The second-order valence-electron chi connectivity index (χ2n) is 4.73. The van der Waals surface area contributed by atoms with E-state index in [0.717, 1.165) is 0 Å². The Labute approximate surface area is 138 Å². The van der Waals surface area contributed by atoms with Crippen molar-refractivity contribution in [1.82, 2.24) is 9.97 Å². The summed E-state index contributed by atoms with van der Waals surface area (Å²) in [6.45, 7) is 0.610. The maximum absolute atomic E-state index is 13.3. The molecule has 1 atom stereocenters. The molecule has 0 saturated carbocycles. The Morgan fingerprint density at radius 2 is 2.13 bits per heavy atom. The zero-order valence-electron chi connectivity index (χ0n) is 12.2. The molecule has 0 aliphatic rings. The first-order valence-corrected chi connectivity index (χ1v) is 8.11. The number of aromatic nitrogens is 2. The number of aromatic amines is 1. The molecule has 0 aliphatic carbocycles. The predicted molar refractivity (Wildman–Crippen MR) is 82.5 cm³/mol. The highest BCUT2D eigenvalue weighted by atomic mass is 35.5. The summed E-state index contributed by atoms with van der Waals surface area (Å²) in [7, 11) is -0.449. The summed E-state index contributed by atoms with van der Waals surface area (Å²) < 4.78 is 44.2. The average molecular weight is 363 g/mol. The highest BCUT2D eigenvalue weighted by molar-refractivity contribution is 7.84. The van der Waals surface area contributed by atoms with Gasteiger partial charge in [0.15, 0.2) is 5.16 Å². The fourth-order valence-corrected chi connectivity index (χ4v) is 3.26. The van der Waals surface area contributed by atoms with Crippen molar-refractivity contribution in [3.05, 3.63) is 50.9 Å². The van der Waals surface area contributed by atoms with E-state index in [1.807, 2.05) is 0 Å². The summed E-state index contributed by atoms with van der Waals surface area (Å²) >= 11 is 6.05. The van der Waals surface area contributed by atoms with Crippen LogP contribution < -0.4 is 10.3 Å². The van der Waals surface area contributed by atoms with Crippen LogP contribution in [0.25, 0.3) is 0 Å². The molecule has 1 N–H and O–H groups in total. The van der Waals surface area contributed by atoms with Gasteiger partial charge in [0, 0.05) is 23.6 Å². The summed E-state index contributed by atoms with van der Waals surface area (Å²) in [5.41, 5.74) is -1.10. The largest absolute Gasteiger partial charge is 0.496 e. The molecule has 0 amide bonds. The zero-order chi connectivity index (χ0) is 17.2. The van der Waals surface area contributed by atoms with Crippen molar-refractivity contribution in [1.29, 1.82) is 0 Å². The Morgan fingerprint density at radius 3 is 2.74 bits per heavy atom. The van der Waals surface area contributed by atoms with Gasteiger partial charge >= 0.3 is 0 Å². The molecule has 1 heterocycles. The Balaban J connectivity index is 2.40. The number of halogens is 3. The summed E-state index contributed by atoms with van der Waals surface area (Å²) in [6.07, 6.45) is 0. The number of H-pyrrole nitrogens is 1. The van der Waals surface area contributed by atoms with Crippen molar-refractivity contribution < 1.29 is 17.7 Å². The van der Waals surface area contributed by atoms with Crippen LogP contribution in [0.4, 0.5) is 8.78 Å². The molecule has 0 fully saturated rings. The predicted octanol–water partition coefficient (Wildman–Crippen LogP) is 2.85. The topological polar surface area (TPSA) is 72.0 Å². The third-order valence-electron chi connectivity index (χ3n) is 2.96. The molecule has 1 unspecified atom stereocenters. The molecular formula is C14H13ClF2N2O3S. The molecule has 2 rings (SSSR count). The van der Waals surface area contributed by atoms with Crippen LogP contribution in [0.3, 0.4) is 0 Å². The van der Waals surface area contributed by atoms with Crippen molar-refractivity contribution >= 4 is 22.4 Å². The minimum absolute atomic E-state index is 0.134. The highest BCUT2D eigenvalue weighted by Crippen LogP contribution is 2.29. The van der Waals surface area contributed by atoms with E-state index in [-0.39, 0.29) is 10.9 Å². The van der Waals surface area contributed by atoms with Crippen LogP contribution in [-0.4, -0.2) is 21.3 Å². The normalized spacial score (nSPS) is 12.9. The van der Waals surface area contributed by atoms with Crippen molar-refractivity contribution in [3.8, 4) is 5.75 Å². The van der Waals surface area contributed by atoms with E-state index in [9.17, 15) is 17.8 Å². The summed E-state index contributed by atoms with van der Waals surface area (Å²) in [4.78, 5) is 17.3. The first-order chi connectivity index (χ1) is 10.7. The molecule has 5 nitrogen and oxygen atoms in total. The lowest BCUT2D eigenvalue weighted by molar-refractivity contribution is 0.0118. The third-order valence-corrected chi connectivity index (χ3v) is 4.49. The molecule has 1 aromatic carbocycles. The molecule has 9 heteroatoms. The van der Waals surface area contributed by atoms with E-state index < -0.39 is 28.0 Å². The van der Waals surface area contributed by atoms with E-state index in [1.54, 1.807) is 18.2 Å². The fourth-order valence-electron chi connectivity index (χ4n) is 1.84. The summed E-state index contributed by atoms with van der Waals surface area (Å²) in [5, 5.41) is -0.0204. The molecule has 0 spiro atoms. The number of hydrogen-bond donors (Lipinski definition) is 1. The van der Waals surface area contributed by atoms with Gasteiger partial charge in [-0.3, -0.25) is 14.0 Å². The highest BCUT2D eigenvalue weighted by Gasteiger charge is 2.28. The first-order valence-electron chi connectivity index (χ1n) is 6.42. The Kier molecular flexibility index (Phi) is 5.16. The molecule has 0 aliphatic heterocycles. The molecular weight excluding hydrogens is 350 g/mol. The Bertz CT molecular complexity index is 805. The second-order valence-corrected chi connectivity index (χ2v) is 6.51. The van der Waals surface area contributed by atoms with E-state index in [1.165, 1.54) is 7.11 Å². The molecule has 1 aromatic heterocycles. The van der Waals surface area contributed by atoms with Crippen LogP contribution in [0, 0.1) is 0 Å². The minimum Gasteiger partial charge on any atom is -0.496 e. The molecule has 124 valence electrons. The minimum atomic E-state index is -3.31. The lowest BCUT2D eigenvalue weighted by Gasteiger charge is -2.12. The van der Waals surface area contributed by atoms with Gasteiger partial charge in [0.1, 0.15) is 11.4 Å². The van der Waals surface area contributed by atoms with Crippen molar-refractivity contribution in [3.63, 3.8) is 0 Å². The smallest absolute Gasteiger partial charge is 0.287 e. The second kappa shape index (κ2) is 6.76. The van der Waals surface area contributed by atoms with Crippen LogP contribution in [0.5, 0.6) is 5.75 Å². The first kappa shape index (κ1) is 17.6. The molecule has 0 radical (unpaired) electrons. The van der Waals surface area contributed by atoms with Gasteiger partial charge in [0.05, 0.1) is 23.7 Å².